The molecule has 4 rings (SSSR count). The summed E-state index contributed by atoms with van der Waals surface area (Å²) in [5.74, 6) is 2.93. The minimum absolute atomic E-state index is 0.0582. The lowest BCUT2D eigenvalue weighted by Crippen LogP contribution is -2.49. The number of allylic oxidation sites excluding steroid dienone is 4. The minimum atomic E-state index is 0.0582. The molecule has 2 saturated carbocycles. The summed E-state index contributed by atoms with van der Waals surface area (Å²) < 4.78 is 0. The molecule has 0 aromatic heterocycles. The van der Waals surface area contributed by atoms with E-state index in [2.05, 4.69) is 26.8 Å². The van der Waals surface area contributed by atoms with Gasteiger partial charge in [0.05, 0.1) is 0 Å². The molecular formula is C21H29ClO. The van der Waals surface area contributed by atoms with Crippen LogP contribution in [0.25, 0.3) is 0 Å². The summed E-state index contributed by atoms with van der Waals surface area (Å²) in [5, 5.41) is 0.883. The molecule has 0 saturated heterocycles. The molecule has 2 heteroatoms. The largest absolute Gasteiger partial charge is 0.298 e. The van der Waals surface area contributed by atoms with Crippen LogP contribution < -0.4 is 0 Å². The smallest absolute Gasteiger partial charge is 0.147 e. The van der Waals surface area contributed by atoms with E-state index < -0.39 is 0 Å². The number of aldehydes is 1. The van der Waals surface area contributed by atoms with Crippen LogP contribution in [0, 0.1) is 34.5 Å². The van der Waals surface area contributed by atoms with E-state index in [0.717, 1.165) is 41.6 Å². The van der Waals surface area contributed by atoms with Gasteiger partial charge in [-0.1, -0.05) is 44.0 Å². The Morgan fingerprint density at radius 2 is 1.87 bits per heavy atom. The van der Waals surface area contributed by atoms with Crippen LogP contribution in [0.5, 0.6) is 0 Å². The molecule has 126 valence electrons. The average Bonchev–Trinajstić information content (AvgIpc) is 2.79. The quantitative estimate of drug-likeness (QED) is 0.432. The number of hydrogen-bond acceptors (Lipinski definition) is 1. The van der Waals surface area contributed by atoms with Gasteiger partial charge in [-0.15, -0.1) is 0 Å². The van der Waals surface area contributed by atoms with Gasteiger partial charge in [0.1, 0.15) is 6.29 Å². The van der Waals surface area contributed by atoms with E-state index in [4.69, 9.17) is 11.6 Å². The second kappa shape index (κ2) is 5.22. The second-order valence-electron chi connectivity index (χ2n) is 9.22. The van der Waals surface area contributed by atoms with Crippen molar-refractivity contribution < 1.29 is 4.79 Å². The Hall–Kier alpha value is -0.560. The third-order valence-electron chi connectivity index (χ3n) is 8.11. The van der Waals surface area contributed by atoms with Gasteiger partial charge in [-0.05, 0) is 74.0 Å². The first-order chi connectivity index (χ1) is 10.9. The standard InChI is InChI=1S/C21H29ClO/c1-13-6-8-20(2)15(10-13)4-5-16-17(20)7-9-21(3)18(16)11-14(12-23)19(21)22/h4,12-13,16-18H,5-11H2,1-3H3/t13-,16?,17?,18?,20-,21-/m0/s1. The van der Waals surface area contributed by atoms with Gasteiger partial charge >= 0.3 is 0 Å². The summed E-state index contributed by atoms with van der Waals surface area (Å²) in [5.41, 5.74) is 3.10. The van der Waals surface area contributed by atoms with Crippen LogP contribution in [0.2, 0.25) is 0 Å². The average molecular weight is 333 g/mol. The van der Waals surface area contributed by atoms with Gasteiger partial charge in [-0.3, -0.25) is 4.79 Å². The number of carbonyl (C=O) groups is 1. The molecule has 6 atom stereocenters. The van der Waals surface area contributed by atoms with E-state index in [1.165, 1.54) is 32.1 Å². The van der Waals surface area contributed by atoms with E-state index in [1.807, 2.05) is 0 Å². The number of carbonyl (C=O) groups excluding carboxylic acids is 1. The van der Waals surface area contributed by atoms with Crippen LogP contribution in [-0.2, 0) is 4.79 Å². The first kappa shape index (κ1) is 15.9. The summed E-state index contributed by atoms with van der Waals surface area (Å²) in [7, 11) is 0. The van der Waals surface area contributed by atoms with Gasteiger partial charge < -0.3 is 0 Å². The number of fused-ring (bicyclic) bond motifs is 5. The monoisotopic (exact) mass is 332 g/mol. The molecular weight excluding hydrogens is 304 g/mol. The Bertz CT molecular complexity index is 603. The van der Waals surface area contributed by atoms with Crippen molar-refractivity contribution in [3.05, 3.63) is 22.3 Å². The predicted molar refractivity (Wildman–Crippen MR) is 95.2 cm³/mol. The van der Waals surface area contributed by atoms with Crippen molar-refractivity contribution in [1.29, 1.82) is 0 Å². The zero-order valence-electron chi connectivity index (χ0n) is 14.7. The molecule has 0 amide bonds. The number of halogens is 1. The highest BCUT2D eigenvalue weighted by molar-refractivity contribution is 6.32. The molecule has 4 aliphatic carbocycles. The zero-order chi connectivity index (χ0) is 16.4. The summed E-state index contributed by atoms with van der Waals surface area (Å²) >= 11 is 6.65. The number of rotatable bonds is 1. The first-order valence-corrected chi connectivity index (χ1v) is 9.82. The molecule has 4 aliphatic rings. The van der Waals surface area contributed by atoms with Crippen LogP contribution in [-0.4, -0.2) is 6.29 Å². The Morgan fingerprint density at radius 3 is 2.61 bits per heavy atom. The van der Waals surface area contributed by atoms with Crippen molar-refractivity contribution in [2.75, 3.05) is 0 Å². The maximum atomic E-state index is 11.4. The maximum Gasteiger partial charge on any atom is 0.147 e. The third kappa shape index (κ3) is 2.08. The van der Waals surface area contributed by atoms with Crippen LogP contribution in [0.1, 0.15) is 65.7 Å². The topological polar surface area (TPSA) is 17.1 Å². The lowest BCUT2D eigenvalue weighted by Gasteiger charge is -2.57. The second-order valence-corrected chi connectivity index (χ2v) is 9.60. The van der Waals surface area contributed by atoms with Crippen molar-refractivity contribution in [3.63, 3.8) is 0 Å². The summed E-state index contributed by atoms with van der Waals surface area (Å²) in [4.78, 5) is 11.4. The van der Waals surface area contributed by atoms with Crippen LogP contribution in [0.15, 0.2) is 22.3 Å². The molecule has 0 spiro atoms. The van der Waals surface area contributed by atoms with Gasteiger partial charge in [-0.25, -0.2) is 0 Å². The van der Waals surface area contributed by atoms with Gasteiger partial charge in [0.2, 0.25) is 0 Å². The van der Waals surface area contributed by atoms with E-state index in [1.54, 1.807) is 5.57 Å². The third-order valence-corrected chi connectivity index (χ3v) is 8.78. The first-order valence-electron chi connectivity index (χ1n) is 9.44. The van der Waals surface area contributed by atoms with Crippen molar-refractivity contribution in [3.8, 4) is 0 Å². The fourth-order valence-electron chi connectivity index (χ4n) is 6.61. The molecule has 23 heavy (non-hydrogen) atoms. The summed E-state index contributed by atoms with van der Waals surface area (Å²) in [6.45, 7) is 7.26. The SMILES string of the molecule is C[C@H]1CC[C@@]2(C)C(=CCC3C2CC[C@]2(C)C(Cl)=C(C=O)CC32)C1. The Balaban J connectivity index is 1.69. The Morgan fingerprint density at radius 1 is 1.13 bits per heavy atom. The van der Waals surface area contributed by atoms with E-state index in [-0.39, 0.29) is 5.41 Å². The summed E-state index contributed by atoms with van der Waals surface area (Å²) in [6.07, 6.45) is 12.2. The normalized spacial score (nSPS) is 49.1. The van der Waals surface area contributed by atoms with Gasteiger partial charge in [0.25, 0.3) is 0 Å². The maximum absolute atomic E-state index is 11.4. The minimum Gasteiger partial charge on any atom is -0.298 e. The molecule has 0 aliphatic heterocycles. The van der Waals surface area contributed by atoms with Crippen molar-refractivity contribution in [2.24, 2.45) is 34.5 Å². The lowest BCUT2D eigenvalue weighted by molar-refractivity contribution is -0.105. The predicted octanol–water partition coefficient (Wildman–Crippen LogP) is 5.89. The van der Waals surface area contributed by atoms with Crippen LogP contribution in [0.3, 0.4) is 0 Å². The lowest BCUT2D eigenvalue weighted by atomic mass is 9.47. The highest BCUT2D eigenvalue weighted by atomic mass is 35.5. The van der Waals surface area contributed by atoms with Crippen LogP contribution >= 0.6 is 11.6 Å². The van der Waals surface area contributed by atoms with Gasteiger partial charge in [0, 0.05) is 16.0 Å². The van der Waals surface area contributed by atoms with E-state index in [9.17, 15) is 4.79 Å². The van der Waals surface area contributed by atoms with E-state index in [0.29, 0.717) is 17.3 Å². The molecule has 1 nitrogen and oxygen atoms in total. The van der Waals surface area contributed by atoms with Crippen LogP contribution in [0.4, 0.5) is 0 Å². The van der Waals surface area contributed by atoms with Gasteiger partial charge in [-0.2, -0.15) is 0 Å². The highest BCUT2D eigenvalue weighted by Gasteiger charge is 2.57. The van der Waals surface area contributed by atoms with Crippen molar-refractivity contribution in [2.45, 2.75) is 65.7 Å². The van der Waals surface area contributed by atoms with Crippen molar-refractivity contribution in [1.82, 2.24) is 0 Å². The fourth-order valence-corrected chi connectivity index (χ4v) is 6.96. The van der Waals surface area contributed by atoms with Crippen molar-refractivity contribution >= 4 is 17.9 Å². The molecule has 0 radical (unpaired) electrons. The Kier molecular flexibility index (Phi) is 3.61. The molecule has 0 bridgehead atoms. The molecule has 0 N–H and O–H groups in total. The summed E-state index contributed by atoms with van der Waals surface area (Å²) in [6, 6.07) is 0. The molecule has 0 heterocycles. The molecule has 3 unspecified atom stereocenters. The van der Waals surface area contributed by atoms with Gasteiger partial charge in [0.15, 0.2) is 0 Å². The molecule has 0 aromatic rings. The fraction of sp³-hybridized carbons (Fsp3) is 0.762. The highest BCUT2D eigenvalue weighted by Crippen LogP contribution is 2.66. The molecule has 0 aromatic carbocycles. The Labute approximate surface area is 145 Å². The number of hydrogen-bond donors (Lipinski definition) is 0. The molecule has 2 fully saturated rings. The van der Waals surface area contributed by atoms with E-state index >= 15 is 0 Å². The zero-order valence-corrected chi connectivity index (χ0v) is 15.5.